The number of aliphatic carboxylic acids is 1. The Morgan fingerprint density at radius 1 is 1.40 bits per heavy atom. The van der Waals surface area contributed by atoms with Crippen molar-refractivity contribution in [3.8, 4) is 5.75 Å². The molecule has 132 valence electrons. The van der Waals surface area contributed by atoms with Gasteiger partial charge in [0.2, 0.25) is 0 Å². The van der Waals surface area contributed by atoms with Crippen LogP contribution in [0.2, 0.25) is 4.34 Å². The number of benzene rings is 1. The number of nitrogen functional groups attached to an aromatic ring is 1. The number of carboxylic acid groups (broad SMARTS) is 1. The van der Waals surface area contributed by atoms with E-state index in [1.807, 2.05) is 0 Å². The molecule has 2 aromatic rings. The Morgan fingerprint density at radius 3 is 2.64 bits per heavy atom. The van der Waals surface area contributed by atoms with Crippen molar-refractivity contribution in [1.29, 1.82) is 0 Å². The Bertz CT molecular complexity index is 883. The quantitative estimate of drug-likeness (QED) is 0.581. The van der Waals surface area contributed by atoms with Crippen molar-refractivity contribution in [2.45, 2.75) is 24.9 Å². The summed E-state index contributed by atoms with van der Waals surface area (Å²) in [4.78, 5) is 27.5. The summed E-state index contributed by atoms with van der Waals surface area (Å²) in [6.45, 7) is 0. The topological polar surface area (TPSA) is 103 Å². The molecule has 1 aromatic carbocycles. The molecular formula is C15H12ClF2N2O4S+. The maximum absolute atomic E-state index is 13.8. The van der Waals surface area contributed by atoms with Crippen molar-refractivity contribution in [3.05, 3.63) is 44.9 Å². The fraction of sp³-hybridized carbons (Fsp3) is 0.267. The summed E-state index contributed by atoms with van der Waals surface area (Å²) in [7, 11) is -1.36. The van der Waals surface area contributed by atoms with Gasteiger partial charge in [0.25, 0.3) is 10.1 Å². The van der Waals surface area contributed by atoms with Gasteiger partial charge in [-0.1, -0.05) is 0 Å². The van der Waals surface area contributed by atoms with Crippen LogP contribution in [0.1, 0.15) is 28.3 Å². The van der Waals surface area contributed by atoms with E-state index in [2.05, 4.69) is 4.98 Å². The molecule has 0 radical (unpaired) electrons. The van der Waals surface area contributed by atoms with Gasteiger partial charge in [-0.25, -0.2) is 8.78 Å². The molecule has 1 saturated carbocycles. The first kappa shape index (κ1) is 17.7. The number of nitrogens with two attached hydrogens (primary N) is 1. The van der Waals surface area contributed by atoms with Gasteiger partial charge in [-0.05, 0) is 36.6 Å². The van der Waals surface area contributed by atoms with Crippen LogP contribution in [-0.4, -0.2) is 27.4 Å². The maximum Gasteiger partial charge on any atom is 0.337 e. The molecule has 10 heteroatoms. The van der Waals surface area contributed by atoms with E-state index in [-0.39, 0.29) is 20.8 Å². The molecular weight excluding hydrogens is 378 g/mol. The number of carboxylic acids is 1. The molecule has 1 atom stereocenters. The van der Waals surface area contributed by atoms with Gasteiger partial charge in [0.15, 0.2) is 17.2 Å². The molecule has 1 heterocycles. The fourth-order valence-electron chi connectivity index (χ4n) is 2.28. The van der Waals surface area contributed by atoms with Crippen molar-refractivity contribution >= 4 is 34.0 Å². The van der Waals surface area contributed by atoms with E-state index in [1.54, 1.807) is 0 Å². The Balaban J connectivity index is 1.89. The minimum Gasteiger partial charge on any atom is -0.481 e. The second-order valence-corrected chi connectivity index (χ2v) is 7.62. The largest absolute Gasteiger partial charge is 0.481 e. The summed E-state index contributed by atoms with van der Waals surface area (Å²) in [5.74, 6) is -3.68. The zero-order valence-corrected chi connectivity index (χ0v) is 14.2. The molecule has 0 spiro atoms. The third-order valence-corrected chi connectivity index (χ3v) is 5.73. The standard InChI is InChI=1S/C15H11ClF2N2O4S/c16-13-9(6-11(21)22)20-14(25(13)19)12(23)15(3-4-15)24-10-2-1-7(17)5-8(10)18/h1-2,5H,3-4,6,19H2/p+1. The lowest BCUT2D eigenvalue weighted by atomic mass is 10.2. The zero-order valence-electron chi connectivity index (χ0n) is 12.6. The molecule has 0 bridgehead atoms. The SMILES string of the molecule is N[s+]1c(C(=O)C2(Oc3ccc(F)cc3F)CC2)nc(CC(=O)O)c1Cl. The number of hydrogen-bond acceptors (Lipinski definition) is 5. The maximum atomic E-state index is 13.8. The van der Waals surface area contributed by atoms with Crippen molar-refractivity contribution < 1.29 is 28.2 Å². The normalized spacial score (nSPS) is 15.8. The van der Waals surface area contributed by atoms with E-state index in [4.69, 9.17) is 26.6 Å². The number of aromatic nitrogens is 1. The van der Waals surface area contributed by atoms with Crippen molar-refractivity contribution in [2.75, 3.05) is 5.14 Å². The van der Waals surface area contributed by atoms with Crippen LogP contribution >= 0.6 is 22.3 Å². The third-order valence-electron chi connectivity index (χ3n) is 3.69. The molecule has 3 N–H and O–H groups in total. The molecule has 1 aliphatic carbocycles. The van der Waals surface area contributed by atoms with E-state index in [1.165, 1.54) is 0 Å². The third kappa shape index (κ3) is 3.35. The number of hydrogen-bond donors (Lipinski definition) is 2. The molecule has 0 amide bonds. The van der Waals surface area contributed by atoms with Crippen LogP contribution < -0.4 is 9.88 Å². The van der Waals surface area contributed by atoms with Crippen molar-refractivity contribution in [1.82, 2.24) is 4.98 Å². The van der Waals surface area contributed by atoms with Gasteiger partial charge in [0.05, 0.1) is 6.42 Å². The summed E-state index contributed by atoms with van der Waals surface area (Å²) in [6.07, 6.45) is 0.159. The first-order valence-electron chi connectivity index (χ1n) is 7.10. The number of Topliss-reactive ketones (excluding diaryl/α,β-unsaturated/α-hetero) is 1. The second kappa shape index (κ2) is 6.32. The van der Waals surface area contributed by atoms with Crippen molar-refractivity contribution in [2.24, 2.45) is 0 Å². The molecule has 0 aliphatic heterocycles. The lowest BCUT2D eigenvalue weighted by molar-refractivity contribution is -0.136. The molecule has 6 nitrogen and oxygen atoms in total. The molecule has 25 heavy (non-hydrogen) atoms. The van der Waals surface area contributed by atoms with Crippen LogP contribution in [0, 0.1) is 11.6 Å². The monoisotopic (exact) mass is 389 g/mol. The van der Waals surface area contributed by atoms with Crippen LogP contribution in [0.25, 0.3) is 0 Å². The highest BCUT2D eigenvalue weighted by Gasteiger charge is 2.57. The number of halogens is 3. The average Bonchev–Trinajstić information content (AvgIpc) is 3.27. The van der Waals surface area contributed by atoms with Gasteiger partial charge in [-0.2, -0.15) is 4.98 Å². The summed E-state index contributed by atoms with van der Waals surface area (Å²) in [6, 6.07) is 2.76. The fourth-order valence-corrected chi connectivity index (χ4v) is 3.75. The average molecular weight is 390 g/mol. The first-order valence-corrected chi connectivity index (χ1v) is 8.77. The van der Waals surface area contributed by atoms with E-state index in [9.17, 15) is 18.4 Å². The molecule has 1 aliphatic rings. The lowest BCUT2D eigenvalue weighted by Crippen LogP contribution is -2.30. The zero-order chi connectivity index (χ0) is 18.4. The Labute approximate surface area is 148 Å². The molecule has 1 aromatic heterocycles. The van der Waals surface area contributed by atoms with Gasteiger partial charge < -0.3 is 9.84 Å². The highest BCUT2D eigenvalue weighted by atomic mass is 35.5. The summed E-state index contributed by atoms with van der Waals surface area (Å²) in [5, 5.41) is 14.6. The summed E-state index contributed by atoms with van der Waals surface area (Å²) in [5.41, 5.74) is -1.31. The highest BCUT2D eigenvalue weighted by molar-refractivity contribution is 7.35. The van der Waals surface area contributed by atoms with Crippen LogP contribution in [0.3, 0.4) is 0 Å². The molecule has 3 rings (SSSR count). The Kier molecular flexibility index (Phi) is 4.48. The summed E-state index contributed by atoms with van der Waals surface area (Å²) < 4.78 is 32.2. The lowest BCUT2D eigenvalue weighted by Gasteiger charge is -2.15. The van der Waals surface area contributed by atoms with Gasteiger partial charge in [0, 0.05) is 6.07 Å². The first-order chi connectivity index (χ1) is 11.7. The van der Waals surface area contributed by atoms with Crippen LogP contribution in [0.15, 0.2) is 18.2 Å². The van der Waals surface area contributed by atoms with Crippen LogP contribution in [-0.2, 0) is 11.2 Å². The number of nitrogens with zero attached hydrogens (tertiary/aromatic N) is 1. The molecule has 1 fully saturated rings. The van der Waals surface area contributed by atoms with E-state index in [0.717, 1.165) is 12.1 Å². The number of thiazole rings is 1. The second-order valence-electron chi connectivity index (χ2n) is 5.55. The van der Waals surface area contributed by atoms with Gasteiger partial charge >= 0.3 is 11.0 Å². The number of carbonyl (C=O) groups is 2. The highest BCUT2D eigenvalue weighted by Crippen LogP contribution is 2.46. The number of ether oxygens (including phenoxy) is 1. The Morgan fingerprint density at radius 2 is 2.08 bits per heavy atom. The summed E-state index contributed by atoms with van der Waals surface area (Å²) >= 11 is 5.98. The predicted octanol–water partition coefficient (Wildman–Crippen LogP) is 2.90. The smallest absolute Gasteiger partial charge is 0.337 e. The minimum atomic E-state index is -1.36. The van der Waals surface area contributed by atoms with E-state index in [0.29, 0.717) is 18.9 Å². The van der Waals surface area contributed by atoms with E-state index >= 15 is 0 Å². The van der Waals surface area contributed by atoms with E-state index < -0.39 is 46.1 Å². The number of carbonyl (C=O) groups excluding carboxylic acids is 1. The van der Waals surface area contributed by atoms with Gasteiger partial charge in [0.1, 0.15) is 22.2 Å². The number of ketones is 1. The Hall–Kier alpha value is -2.10. The molecule has 1 unspecified atom stereocenters. The minimum absolute atomic E-state index is 0.00881. The van der Waals surface area contributed by atoms with Crippen LogP contribution in [0.5, 0.6) is 5.75 Å². The molecule has 0 saturated heterocycles. The van der Waals surface area contributed by atoms with Crippen molar-refractivity contribution in [3.63, 3.8) is 0 Å². The number of rotatable bonds is 6. The predicted molar refractivity (Wildman–Crippen MR) is 86.5 cm³/mol. The van der Waals surface area contributed by atoms with Gasteiger partial charge in [-0.15, -0.1) is 5.14 Å². The van der Waals surface area contributed by atoms with Gasteiger partial charge in [-0.3, -0.25) is 9.59 Å². The van der Waals surface area contributed by atoms with Crippen LogP contribution in [0.4, 0.5) is 8.78 Å².